The highest BCUT2D eigenvalue weighted by atomic mass is 16.5. The van der Waals surface area contributed by atoms with Crippen molar-refractivity contribution in [3.63, 3.8) is 0 Å². The minimum atomic E-state index is -1.04. The van der Waals surface area contributed by atoms with Crippen molar-refractivity contribution in [2.75, 3.05) is 7.11 Å². The average molecular weight is 447 g/mol. The Morgan fingerprint density at radius 3 is 2.76 bits per heavy atom. The van der Waals surface area contributed by atoms with Gasteiger partial charge in [0.25, 0.3) is 5.91 Å². The van der Waals surface area contributed by atoms with Gasteiger partial charge in [-0.3, -0.25) is 14.6 Å². The maximum Gasteiger partial charge on any atom is 0.271 e. The highest BCUT2D eigenvalue weighted by Gasteiger charge is 2.48. The van der Waals surface area contributed by atoms with Crippen LogP contribution in [0.4, 0.5) is 0 Å². The number of hydrogen-bond acceptors (Lipinski definition) is 4. The molecule has 7 nitrogen and oxygen atoms in total. The van der Waals surface area contributed by atoms with Crippen molar-refractivity contribution in [1.29, 1.82) is 0 Å². The molecule has 172 valence electrons. The maximum absolute atomic E-state index is 13.8. The van der Waals surface area contributed by atoms with Gasteiger partial charge in [0.05, 0.1) is 19.2 Å². The molecule has 1 aliphatic carbocycles. The molecule has 1 atom stereocenters. The third-order valence-corrected chi connectivity index (χ3v) is 7.13. The van der Waals surface area contributed by atoms with Gasteiger partial charge >= 0.3 is 0 Å². The first-order valence-electron chi connectivity index (χ1n) is 11.7. The monoisotopic (exact) mass is 446 g/mol. The predicted octanol–water partition coefficient (Wildman–Crippen LogP) is 3.91. The molecule has 5 rings (SSSR count). The molecule has 1 saturated carbocycles. The fraction of sp³-hybridized carbons (Fsp3) is 0.423. The summed E-state index contributed by atoms with van der Waals surface area (Å²) >= 11 is 0. The summed E-state index contributed by atoms with van der Waals surface area (Å²) in [6, 6.07) is 11.6. The summed E-state index contributed by atoms with van der Waals surface area (Å²) in [6.07, 6.45) is 8.93. The van der Waals surface area contributed by atoms with E-state index in [1.165, 1.54) is 6.42 Å². The van der Waals surface area contributed by atoms with Crippen LogP contribution in [0.3, 0.4) is 0 Å². The molecule has 0 bridgehead atoms. The van der Waals surface area contributed by atoms with Crippen LogP contribution in [0, 0.1) is 0 Å². The average Bonchev–Trinajstić information content (AvgIpc) is 3.20. The Kier molecular flexibility index (Phi) is 5.56. The molecule has 0 spiro atoms. The van der Waals surface area contributed by atoms with E-state index in [1.807, 2.05) is 47.9 Å². The number of ether oxygens (including phenoxy) is 1. The Hall–Kier alpha value is -3.35. The summed E-state index contributed by atoms with van der Waals surface area (Å²) in [5.74, 6) is 0.477. The predicted molar refractivity (Wildman–Crippen MR) is 126 cm³/mol. The first-order chi connectivity index (χ1) is 16.0. The van der Waals surface area contributed by atoms with Crippen LogP contribution in [0.25, 0.3) is 10.9 Å². The van der Waals surface area contributed by atoms with E-state index in [0.29, 0.717) is 18.8 Å². The van der Waals surface area contributed by atoms with Gasteiger partial charge in [-0.1, -0.05) is 25.3 Å². The topological polar surface area (TPSA) is 76.5 Å². The molecule has 0 radical (unpaired) electrons. The fourth-order valence-electron chi connectivity index (χ4n) is 5.17. The van der Waals surface area contributed by atoms with Crippen LogP contribution in [-0.2, 0) is 17.9 Å². The van der Waals surface area contributed by atoms with Crippen LogP contribution in [0.2, 0.25) is 0 Å². The van der Waals surface area contributed by atoms with Crippen LogP contribution in [0.1, 0.15) is 55.1 Å². The molecule has 2 aliphatic rings. The van der Waals surface area contributed by atoms with Gasteiger partial charge in [0.2, 0.25) is 5.91 Å². The number of amides is 2. The SMILES string of the molecule is COc1ccc2cc3n(c2c1)CC(C)(C(=O)NC1CCCCC1)N(Cc1cccnc1)C3=O. The highest BCUT2D eigenvalue weighted by Crippen LogP contribution is 2.35. The number of fused-ring (bicyclic) bond motifs is 3. The summed E-state index contributed by atoms with van der Waals surface area (Å²) in [5.41, 5.74) is 1.35. The normalized spacial score (nSPS) is 21.2. The summed E-state index contributed by atoms with van der Waals surface area (Å²) < 4.78 is 7.39. The number of carbonyl (C=O) groups excluding carboxylic acids is 2. The minimum absolute atomic E-state index is 0.0953. The largest absolute Gasteiger partial charge is 0.497 e. The van der Waals surface area contributed by atoms with Gasteiger partial charge in [-0.25, -0.2) is 0 Å². The molecule has 7 heteroatoms. The van der Waals surface area contributed by atoms with Crippen molar-refractivity contribution in [1.82, 2.24) is 19.8 Å². The number of nitrogens with one attached hydrogen (secondary N) is 1. The van der Waals surface area contributed by atoms with Crippen molar-refractivity contribution in [2.24, 2.45) is 0 Å². The molecule has 1 unspecified atom stereocenters. The molecular formula is C26H30N4O3. The second-order valence-electron chi connectivity index (χ2n) is 9.38. The molecule has 1 fully saturated rings. The molecule has 2 amide bonds. The third kappa shape index (κ3) is 3.86. The zero-order valence-electron chi connectivity index (χ0n) is 19.2. The molecule has 1 N–H and O–H groups in total. The van der Waals surface area contributed by atoms with Gasteiger partial charge in [-0.15, -0.1) is 0 Å². The van der Waals surface area contributed by atoms with Crippen LogP contribution in [0.5, 0.6) is 5.75 Å². The lowest BCUT2D eigenvalue weighted by molar-refractivity contribution is -0.134. The first-order valence-corrected chi connectivity index (χ1v) is 11.7. The second-order valence-corrected chi connectivity index (χ2v) is 9.38. The van der Waals surface area contributed by atoms with Gasteiger partial charge in [-0.05, 0) is 49.6 Å². The van der Waals surface area contributed by atoms with E-state index >= 15 is 0 Å². The smallest absolute Gasteiger partial charge is 0.271 e. The molecule has 3 heterocycles. The number of carbonyl (C=O) groups is 2. The first kappa shape index (κ1) is 21.5. The molecule has 0 saturated heterocycles. The quantitative estimate of drug-likeness (QED) is 0.645. The van der Waals surface area contributed by atoms with Gasteiger partial charge in [0.1, 0.15) is 17.0 Å². The third-order valence-electron chi connectivity index (χ3n) is 7.13. The molecule has 33 heavy (non-hydrogen) atoms. The fourth-order valence-corrected chi connectivity index (χ4v) is 5.17. The zero-order valence-corrected chi connectivity index (χ0v) is 19.2. The van der Waals surface area contributed by atoms with Crippen molar-refractivity contribution in [3.8, 4) is 5.75 Å². The molecule has 1 aromatic carbocycles. The van der Waals surface area contributed by atoms with Gasteiger partial charge in [-0.2, -0.15) is 0 Å². The Bertz CT molecular complexity index is 1180. The number of methoxy groups -OCH3 is 1. The molecule has 2 aromatic heterocycles. The highest BCUT2D eigenvalue weighted by molar-refractivity contribution is 6.03. The zero-order chi connectivity index (χ0) is 23.0. The lowest BCUT2D eigenvalue weighted by atomic mass is 9.91. The van der Waals surface area contributed by atoms with Gasteiger partial charge in [0, 0.05) is 36.4 Å². The lowest BCUT2D eigenvalue weighted by Gasteiger charge is -2.45. The van der Waals surface area contributed by atoms with E-state index in [-0.39, 0.29) is 17.9 Å². The number of aromatic nitrogens is 2. The summed E-state index contributed by atoms with van der Waals surface area (Å²) in [4.78, 5) is 33.5. The summed E-state index contributed by atoms with van der Waals surface area (Å²) in [7, 11) is 1.63. The molecule has 1 aliphatic heterocycles. The van der Waals surface area contributed by atoms with Gasteiger partial charge in [0.15, 0.2) is 0 Å². The van der Waals surface area contributed by atoms with E-state index in [2.05, 4.69) is 10.3 Å². The van der Waals surface area contributed by atoms with Crippen LogP contribution < -0.4 is 10.1 Å². The molecular weight excluding hydrogens is 416 g/mol. The Labute approximate surface area is 193 Å². The number of pyridine rings is 1. The van der Waals surface area contributed by atoms with Crippen LogP contribution in [0.15, 0.2) is 48.8 Å². The minimum Gasteiger partial charge on any atom is -0.497 e. The van der Waals surface area contributed by atoms with Crippen LogP contribution >= 0.6 is 0 Å². The Morgan fingerprint density at radius 1 is 1.21 bits per heavy atom. The van der Waals surface area contributed by atoms with E-state index in [0.717, 1.165) is 47.9 Å². The van der Waals surface area contributed by atoms with Crippen LogP contribution in [-0.4, -0.2) is 45.0 Å². The van der Waals surface area contributed by atoms with E-state index in [1.54, 1.807) is 24.4 Å². The number of nitrogens with zero attached hydrogens (tertiary/aromatic N) is 3. The molecule has 3 aromatic rings. The van der Waals surface area contributed by atoms with E-state index in [9.17, 15) is 9.59 Å². The lowest BCUT2D eigenvalue weighted by Crippen LogP contribution is -2.64. The summed E-state index contributed by atoms with van der Waals surface area (Å²) in [5, 5.41) is 4.23. The Morgan fingerprint density at radius 2 is 2.03 bits per heavy atom. The van der Waals surface area contributed by atoms with Crippen molar-refractivity contribution in [3.05, 3.63) is 60.0 Å². The van der Waals surface area contributed by atoms with Crippen molar-refractivity contribution < 1.29 is 14.3 Å². The maximum atomic E-state index is 13.8. The number of hydrogen-bond donors (Lipinski definition) is 1. The van der Waals surface area contributed by atoms with Crippen molar-refractivity contribution in [2.45, 2.75) is 63.7 Å². The Balaban J connectivity index is 1.56. The number of benzene rings is 1. The number of rotatable bonds is 5. The standard InChI is InChI=1S/C26H30N4O3/c1-26(25(32)28-20-8-4-3-5-9-20)17-29-22-14-21(33-2)11-10-19(22)13-23(29)24(31)30(26)16-18-7-6-12-27-15-18/h6-7,10-15,20H,3-5,8-9,16-17H2,1-2H3,(H,28,32). The van der Waals surface area contributed by atoms with Crippen molar-refractivity contribution >= 4 is 22.7 Å². The van der Waals surface area contributed by atoms with Gasteiger partial charge < -0.3 is 19.5 Å². The van der Waals surface area contributed by atoms with E-state index in [4.69, 9.17) is 4.74 Å². The van der Waals surface area contributed by atoms with E-state index < -0.39 is 5.54 Å². The summed E-state index contributed by atoms with van der Waals surface area (Å²) in [6.45, 7) is 2.59. The second kappa shape index (κ2) is 8.54.